The Morgan fingerprint density at radius 1 is 1.15 bits per heavy atom. The molecule has 0 aromatic carbocycles. The zero-order valence-electron chi connectivity index (χ0n) is 13.6. The Morgan fingerprint density at radius 2 is 1.90 bits per heavy atom. The summed E-state index contributed by atoms with van der Waals surface area (Å²) in [6, 6.07) is 0. The highest BCUT2D eigenvalue weighted by molar-refractivity contribution is 5.58. The first-order valence-electron chi connectivity index (χ1n) is 7.55. The first kappa shape index (κ1) is 16.7. The van der Waals surface area contributed by atoms with Crippen LogP contribution in [0.2, 0.25) is 0 Å². The number of nitrogens with one attached hydrogen (secondary N) is 1. The van der Waals surface area contributed by atoms with E-state index < -0.39 is 0 Å². The highest BCUT2D eigenvalue weighted by atomic mass is 15.2. The lowest BCUT2D eigenvalue weighted by molar-refractivity contribution is 0.400. The van der Waals surface area contributed by atoms with Crippen molar-refractivity contribution in [3.8, 4) is 0 Å². The van der Waals surface area contributed by atoms with Crippen LogP contribution in [-0.4, -0.2) is 55.6 Å². The van der Waals surface area contributed by atoms with Crippen molar-refractivity contribution in [2.45, 2.75) is 33.1 Å². The molecule has 0 atom stereocenters. The third-order valence-corrected chi connectivity index (χ3v) is 3.37. The monoisotopic (exact) mass is 279 g/mol. The van der Waals surface area contributed by atoms with Crippen LogP contribution in [0.1, 0.15) is 32.3 Å². The molecule has 0 spiro atoms. The van der Waals surface area contributed by atoms with Gasteiger partial charge in [-0.05, 0) is 40.4 Å². The zero-order valence-corrected chi connectivity index (χ0v) is 13.6. The second kappa shape index (κ2) is 8.74. The predicted octanol–water partition coefficient (Wildman–Crippen LogP) is 2.25. The maximum absolute atomic E-state index is 4.54. The van der Waals surface area contributed by atoms with E-state index in [1.54, 1.807) is 6.33 Å². The van der Waals surface area contributed by atoms with Crippen LogP contribution in [0.4, 0.5) is 11.6 Å². The van der Waals surface area contributed by atoms with E-state index in [0.717, 1.165) is 50.5 Å². The summed E-state index contributed by atoms with van der Waals surface area (Å²) in [5.74, 6) is 2.05. The molecule has 0 aliphatic rings. The Hall–Kier alpha value is -1.36. The van der Waals surface area contributed by atoms with Gasteiger partial charge in [-0.2, -0.15) is 0 Å². The molecule has 0 saturated heterocycles. The third kappa shape index (κ3) is 4.63. The summed E-state index contributed by atoms with van der Waals surface area (Å²) in [4.78, 5) is 13.5. The molecule has 1 aromatic heterocycles. The maximum atomic E-state index is 4.54. The van der Waals surface area contributed by atoms with Crippen LogP contribution in [0.5, 0.6) is 0 Å². The summed E-state index contributed by atoms with van der Waals surface area (Å²) >= 11 is 0. The molecule has 5 nitrogen and oxygen atoms in total. The van der Waals surface area contributed by atoms with E-state index in [9.17, 15) is 0 Å². The van der Waals surface area contributed by atoms with E-state index >= 15 is 0 Å². The van der Waals surface area contributed by atoms with Crippen molar-refractivity contribution in [2.75, 3.05) is 51.0 Å². The first-order chi connectivity index (χ1) is 9.63. The molecule has 1 aromatic rings. The molecule has 0 bridgehead atoms. The van der Waals surface area contributed by atoms with Gasteiger partial charge < -0.3 is 15.1 Å². The van der Waals surface area contributed by atoms with Gasteiger partial charge >= 0.3 is 0 Å². The van der Waals surface area contributed by atoms with Crippen molar-refractivity contribution in [1.29, 1.82) is 0 Å². The highest BCUT2D eigenvalue weighted by Gasteiger charge is 2.15. The fraction of sp³-hybridized carbons (Fsp3) is 0.733. The number of rotatable bonds is 9. The number of hydrogen-bond donors (Lipinski definition) is 1. The van der Waals surface area contributed by atoms with Crippen molar-refractivity contribution in [1.82, 2.24) is 14.9 Å². The Labute approximate surface area is 123 Å². The van der Waals surface area contributed by atoms with E-state index in [1.807, 2.05) is 7.05 Å². The molecule has 114 valence electrons. The summed E-state index contributed by atoms with van der Waals surface area (Å²) < 4.78 is 0. The zero-order chi connectivity index (χ0) is 15.0. The third-order valence-electron chi connectivity index (χ3n) is 3.37. The number of anilines is 2. The second-order valence-corrected chi connectivity index (χ2v) is 5.26. The number of nitrogens with zero attached hydrogens (tertiary/aromatic N) is 4. The molecule has 1 heterocycles. The molecule has 20 heavy (non-hydrogen) atoms. The minimum atomic E-state index is 0.961. The average Bonchev–Trinajstić information content (AvgIpc) is 2.44. The highest BCUT2D eigenvalue weighted by Crippen LogP contribution is 2.24. The standard InChI is InChI=1S/C15H29N5/c1-6-9-13-14(16-3)17-12-18-15(13)20(7-2)11-8-10-19(4)5/h12H,6-11H2,1-5H3,(H,16,17,18). The van der Waals surface area contributed by atoms with E-state index in [4.69, 9.17) is 0 Å². The van der Waals surface area contributed by atoms with Gasteiger partial charge in [0.2, 0.25) is 0 Å². The molecule has 0 amide bonds. The fourth-order valence-electron chi connectivity index (χ4n) is 2.36. The van der Waals surface area contributed by atoms with Gasteiger partial charge in [0.1, 0.15) is 18.0 Å². The molecule has 0 aliphatic carbocycles. The van der Waals surface area contributed by atoms with Gasteiger partial charge in [0.05, 0.1) is 0 Å². The molecule has 0 fully saturated rings. The van der Waals surface area contributed by atoms with Crippen molar-refractivity contribution in [2.24, 2.45) is 0 Å². The minimum Gasteiger partial charge on any atom is -0.373 e. The molecular formula is C15H29N5. The van der Waals surface area contributed by atoms with E-state index in [1.165, 1.54) is 5.56 Å². The van der Waals surface area contributed by atoms with E-state index in [0.29, 0.717) is 0 Å². The lowest BCUT2D eigenvalue weighted by Crippen LogP contribution is -2.29. The first-order valence-corrected chi connectivity index (χ1v) is 7.55. The summed E-state index contributed by atoms with van der Waals surface area (Å²) in [6.07, 6.45) is 4.92. The summed E-state index contributed by atoms with van der Waals surface area (Å²) in [5, 5.41) is 3.19. The van der Waals surface area contributed by atoms with Gasteiger partial charge in [-0.1, -0.05) is 13.3 Å². The van der Waals surface area contributed by atoms with E-state index in [2.05, 4.69) is 53.0 Å². The maximum Gasteiger partial charge on any atom is 0.137 e. The van der Waals surface area contributed by atoms with Crippen molar-refractivity contribution < 1.29 is 0 Å². The molecule has 0 saturated carbocycles. The number of aromatic nitrogens is 2. The quantitative estimate of drug-likeness (QED) is 0.751. The van der Waals surface area contributed by atoms with Gasteiger partial charge in [-0.15, -0.1) is 0 Å². The summed E-state index contributed by atoms with van der Waals surface area (Å²) in [7, 11) is 6.15. The van der Waals surface area contributed by atoms with Crippen molar-refractivity contribution in [3.63, 3.8) is 0 Å². The summed E-state index contributed by atoms with van der Waals surface area (Å²) in [6.45, 7) is 7.49. The lowest BCUT2D eigenvalue weighted by Gasteiger charge is -2.26. The van der Waals surface area contributed by atoms with Crippen molar-refractivity contribution in [3.05, 3.63) is 11.9 Å². The SMILES string of the molecule is CCCc1c(NC)ncnc1N(CC)CCCN(C)C. The van der Waals surface area contributed by atoms with Gasteiger partial charge in [-0.25, -0.2) is 9.97 Å². The van der Waals surface area contributed by atoms with Gasteiger partial charge in [0, 0.05) is 25.7 Å². The van der Waals surface area contributed by atoms with Crippen LogP contribution in [0, 0.1) is 0 Å². The van der Waals surface area contributed by atoms with Crippen LogP contribution in [0.3, 0.4) is 0 Å². The molecule has 0 aliphatic heterocycles. The van der Waals surface area contributed by atoms with E-state index in [-0.39, 0.29) is 0 Å². The second-order valence-electron chi connectivity index (χ2n) is 5.26. The van der Waals surface area contributed by atoms with Crippen LogP contribution in [0.25, 0.3) is 0 Å². The predicted molar refractivity (Wildman–Crippen MR) is 86.6 cm³/mol. The van der Waals surface area contributed by atoms with Crippen LogP contribution >= 0.6 is 0 Å². The Kier molecular flexibility index (Phi) is 7.30. The smallest absolute Gasteiger partial charge is 0.137 e. The van der Waals surface area contributed by atoms with Crippen LogP contribution in [0.15, 0.2) is 6.33 Å². The lowest BCUT2D eigenvalue weighted by atomic mass is 10.1. The average molecular weight is 279 g/mol. The Balaban J connectivity index is 2.89. The molecule has 1 N–H and O–H groups in total. The molecule has 5 heteroatoms. The minimum absolute atomic E-state index is 0.961. The number of hydrogen-bond acceptors (Lipinski definition) is 5. The fourth-order valence-corrected chi connectivity index (χ4v) is 2.36. The van der Waals surface area contributed by atoms with Crippen LogP contribution < -0.4 is 10.2 Å². The normalized spacial score (nSPS) is 10.9. The van der Waals surface area contributed by atoms with Gasteiger partial charge in [0.25, 0.3) is 0 Å². The Bertz CT molecular complexity index is 392. The topological polar surface area (TPSA) is 44.3 Å². The molecular weight excluding hydrogens is 250 g/mol. The Morgan fingerprint density at radius 3 is 2.45 bits per heavy atom. The largest absolute Gasteiger partial charge is 0.373 e. The van der Waals surface area contributed by atoms with Gasteiger partial charge in [-0.3, -0.25) is 0 Å². The van der Waals surface area contributed by atoms with Crippen LogP contribution in [-0.2, 0) is 6.42 Å². The molecule has 0 unspecified atom stereocenters. The molecule has 1 rings (SSSR count). The van der Waals surface area contributed by atoms with Crippen molar-refractivity contribution >= 4 is 11.6 Å². The summed E-state index contributed by atoms with van der Waals surface area (Å²) in [5.41, 5.74) is 1.24. The van der Waals surface area contributed by atoms with Gasteiger partial charge in [0.15, 0.2) is 0 Å². The molecule has 0 radical (unpaired) electrons.